The number of halogens is 1. The van der Waals surface area contributed by atoms with Crippen LogP contribution in [0.3, 0.4) is 0 Å². The molecule has 0 saturated heterocycles. The third-order valence-corrected chi connectivity index (χ3v) is 2.11. The number of hydrogen-bond acceptors (Lipinski definition) is 4. The molecule has 16 heavy (non-hydrogen) atoms. The largest absolute Gasteiger partial charge is 0.401 e. The molecule has 0 aromatic carbocycles. The molecule has 0 radical (unpaired) electrons. The molecule has 5 heteroatoms. The minimum Gasteiger partial charge on any atom is -0.401 e. The molecule has 0 spiro atoms. The SMILES string of the molecule is CN=CC=C(N)CNCc1ccc(Cl)nc1. The molecule has 0 bridgehead atoms. The smallest absolute Gasteiger partial charge is 0.129 e. The van der Waals surface area contributed by atoms with Gasteiger partial charge >= 0.3 is 0 Å². The summed E-state index contributed by atoms with van der Waals surface area (Å²) in [6, 6.07) is 3.69. The van der Waals surface area contributed by atoms with Crippen molar-refractivity contribution >= 4 is 17.8 Å². The third kappa shape index (κ3) is 4.91. The lowest BCUT2D eigenvalue weighted by Gasteiger charge is -2.04. The Morgan fingerprint density at radius 1 is 1.62 bits per heavy atom. The van der Waals surface area contributed by atoms with Crippen LogP contribution < -0.4 is 11.1 Å². The minimum absolute atomic E-state index is 0.502. The molecule has 0 unspecified atom stereocenters. The van der Waals surface area contributed by atoms with Crippen LogP contribution in [0.1, 0.15) is 5.56 Å². The number of aromatic nitrogens is 1. The highest BCUT2D eigenvalue weighted by Crippen LogP contribution is 2.04. The number of nitrogens with zero attached hydrogens (tertiary/aromatic N) is 2. The first-order valence-electron chi connectivity index (χ1n) is 4.90. The van der Waals surface area contributed by atoms with Crippen LogP contribution in [0.25, 0.3) is 0 Å². The zero-order chi connectivity index (χ0) is 11.8. The summed E-state index contributed by atoms with van der Waals surface area (Å²) < 4.78 is 0. The van der Waals surface area contributed by atoms with E-state index in [1.54, 1.807) is 31.6 Å². The topological polar surface area (TPSA) is 63.3 Å². The first kappa shape index (κ1) is 12.7. The normalized spacial score (nSPS) is 12.2. The number of hydrogen-bond donors (Lipinski definition) is 2. The van der Waals surface area contributed by atoms with Gasteiger partial charge in [0.2, 0.25) is 0 Å². The van der Waals surface area contributed by atoms with Crippen LogP contribution >= 0.6 is 11.6 Å². The Morgan fingerprint density at radius 3 is 3.06 bits per heavy atom. The van der Waals surface area contributed by atoms with Crippen molar-refractivity contribution < 1.29 is 0 Å². The predicted molar refractivity (Wildman–Crippen MR) is 67.6 cm³/mol. The molecule has 86 valence electrons. The van der Waals surface area contributed by atoms with Crippen molar-refractivity contribution in [1.29, 1.82) is 0 Å². The lowest BCUT2D eigenvalue weighted by atomic mass is 10.3. The Balaban J connectivity index is 2.33. The van der Waals surface area contributed by atoms with Gasteiger partial charge in [0, 0.05) is 38.2 Å². The van der Waals surface area contributed by atoms with Gasteiger partial charge in [-0.25, -0.2) is 4.98 Å². The number of allylic oxidation sites excluding steroid dienone is 1. The highest BCUT2D eigenvalue weighted by atomic mass is 35.5. The van der Waals surface area contributed by atoms with Gasteiger partial charge in [0.05, 0.1) is 0 Å². The number of nitrogens with two attached hydrogens (primary N) is 1. The van der Waals surface area contributed by atoms with Crippen LogP contribution in [-0.2, 0) is 6.54 Å². The molecule has 0 aliphatic heterocycles. The van der Waals surface area contributed by atoms with Crippen molar-refractivity contribution in [2.45, 2.75) is 6.54 Å². The van der Waals surface area contributed by atoms with Gasteiger partial charge in [0.25, 0.3) is 0 Å². The monoisotopic (exact) mass is 238 g/mol. The van der Waals surface area contributed by atoms with E-state index in [-0.39, 0.29) is 0 Å². The predicted octanol–water partition coefficient (Wildman–Crippen LogP) is 1.37. The number of pyridine rings is 1. The minimum atomic E-state index is 0.502. The Bertz CT molecular complexity index is 370. The van der Waals surface area contributed by atoms with E-state index in [1.807, 2.05) is 6.07 Å². The molecule has 4 nitrogen and oxygen atoms in total. The second-order valence-corrected chi connectivity index (χ2v) is 3.63. The number of nitrogens with one attached hydrogen (secondary N) is 1. The molecule has 0 aliphatic rings. The molecule has 0 saturated carbocycles. The van der Waals surface area contributed by atoms with Gasteiger partial charge in [-0.2, -0.15) is 0 Å². The van der Waals surface area contributed by atoms with E-state index in [4.69, 9.17) is 17.3 Å². The van der Waals surface area contributed by atoms with E-state index in [2.05, 4.69) is 15.3 Å². The highest BCUT2D eigenvalue weighted by molar-refractivity contribution is 6.29. The van der Waals surface area contributed by atoms with Gasteiger partial charge in [0.15, 0.2) is 0 Å². The van der Waals surface area contributed by atoms with Gasteiger partial charge in [-0.15, -0.1) is 0 Å². The number of aliphatic imine (C=N–C) groups is 1. The van der Waals surface area contributed by atoms with E-state index in [0.29, 0.717) is 18.2 Å². The van der Waals surface area contributed by atoms with Crippen LogP contribution in [0.4, 0.5) is 0 Å². The van der Waals surface area contributed by atoms with Crippen LogP contribution in [0.5, 0.6) is 0 Å². The highest BCUT2D eigenvalue weighted by Gasteiger charge is 1.94. The summed E-state index contributed by atoms with van der Waals surface area (Å²) in [5.74, 6) is 0. The van der Waals surface area contributed by atoms with Crippen molar-refractivity contribution in [2.75, 3.05) is 13.6 Å². The quantitative estimate of drug-likeness (QED) is 0.602. The Hall–Kier alpha value is -1.39. The van der Waals surface area contributed by atoms with E-state index >= 15 is 0 Å². The zero-order valence-electron chi connectivity index (χ0n) is 9.15. The van der Waals surface area contributed by atoms with Crippen molar-refractivity contribution in [2.24, 2.45) is 10.7 Å². The Morgan fingerprint density at radius 2 is 2.44 bits per heavy atom. The molecule has 3 N–H and O–H groups in total. The third-order valence-electron chi connectivity index (χ3n) is 1.88. The maximum atomic E-state index is 5.72. The van der Waals surface area contributed by atoms with Crippen LogP contribution in [0.2, 0.25) is 5.15 Å². The van der Waals surface area contributed by atoms with Gasteiger partial charge in [-0.1, -0.05) is 17.7 Å². The van der Waals surface area contributed by atoms with Crippen LogP contribution in [0.15, 0.2) is 35.1 Å². The fourth-order valence-corrected chi connectivity index (χ4v) is 1.20. The zero-order valence-corrected chi connectivity index (χ0v) is 9.91. The summed E-state index contributed by atoms with van der Waals surface area (Å²) in [5, 5.41) is 3.69. The average molecular weight is 239 g/mol. The van der Waals surface area contributed by atoms with Crippen molar-refractivity contribution in [1.82, 2.24) is 10.3 Å². The molecular formula is C11H15ClN4. The first-order chi connectivity index (χ1) is 7.72. The second-order valence-electron chi connectivity index (χ2n) is 3.24. The van der Waals surface area contributed by atoms with Crippen molar-refractivity contribution in [3.8, 4) is 0 Å². The second kappa shape index (κ2) is 6.98. The lowest BCUT2D eigenvalue weighted by molar-refractivity contribution is 0.733. The maximum absolute atomic E-state index is 5.72. The Labute approximate surface area is 100 Å². The molecular weight excluding hydrogens is 224 g/mol. The molecule has 1 aromatic rings. The van der Waals surface area contributed by atoms with Crippen LogP contribution in [-0.4, -0.2) is 24.8 Å². The lowest BCUT2D eigenvalue weighted by Crippen LogP contribution is -2.20. The summed E-state index contributed by atoms with van der Waals surface area (Å²) in [6.45, 7) is 1.33. The summed E-state index contributed by atoms with van der Waals surface area (Å²) >= 11 is 5.68. The molecule has 1 rings (SSSR count). The molecule has 0 atom stereocenters. The van der Waals surface area contributed by atoms with Gasteiger partial charge in [-0.05, 0) is 17.7 Å². The molecule has 1 heterocycles. The first-order valence-corrected chi connectivity index (χ1v) is 5.28. The van der Waals surface area contributed by atoms with Gasteiger partial charge in [-0.3, -0.25) is 4.99 Å². The van der Waals surface area contributed by atoms with E-state index < -0.39 is 0 Å². The fourth-order valence-electron chi connectivity index (χ4n) is 1.09. The number of rotatable bonds is 5. The van der Waals surface area contributed by atoms with E-state index in [9.17, 15) is 0 Å². The molecule has 0 aliphatic carbocycles. The summed E-state index contributed by atoms with van der Waals surface area (Å²) in [4.78, 5) is 7.80. The standard InChI is InChI=1S/C11H15ClN4/c1-14-5-4-10(13)8-15-6-9-2-3-11(12)16-7-9/h2-5,7,15H,6,8,13H2,1H3. The fraction of sp³-hybridized carbons (Fsp3) is 0.273. The summed E-state index contributed by atoms with van der Waals surface area (Å²) in [5.41, 5.74) is 7.53. The van der Waals surface area contributed by atoms with E-state index in [0.717, 1.165) is 11.3 Å². The van der Waals surface area contributed by atoms with Crippen molar-refractivity contribution in [3.63, 3.8) is 0 Å². The average Bonchev–Trinajstić information content (AvgIpc) is 2.29. The van der Waals surface area contributed by atoms with Gasteiger partial charge < -0.3 is 11.1 Å². The molecule has 0 fully saturated rings. The summed E-state index contributed by atoms with van der Waals surface area (Å²) in [6.07, 6.45) is 5.18. The maximum Gasteiger partial charge on any atom is 0.129 e. The molecule has 0 amide bonds. The van der Waals surface area contributed by atoms with E-state index in [1.165, 1.54) is 0 Å². The Kier molecular flexibility index (Phi) is 5.53. The van der Waals surface area contributed by atoms with Crippen LogP contribution in [0, 0.1) is 0 Å². The van der Waals surface area contributed by atoms with Crippen molar-refractivity contribution in [3.05, 3.63) is 40.8 Å². The molecule has 1 aromatic heterocycles. The van der Waals surface area contributed by atoms with Gasteiger partial charge in [0.1, 0.15) is 5.15 Å². The summed E-state index contributed by atoms with van der Waals surface area (Å²) in [7, 11) is 1.70.